The Labute approximate surface area is 170 Å². The van der Waals surface area contributed by atoms with Crippen LogP contribution in [0.2, 0.25) is 0 Å². The van der Waals surface area contributed by atoms with Gasteiger partial charge >= 0.3 is 0 Å². The minimum Gasteiger partial charge on any atom is -0.378 e. The first-order valence-electron chi connectivity index (χ1n) is 10.8. The fraction of sp³-hybridized carbons (Fsp3) is 0.727. The maximum absolute atomic E-state index is 5.48. The van der Waals surface area contributed by atoms with Crippen LogP contribution in [0.1, 0.15) is 51.5 Å². The molecule has 3 rings (SSSR count). The Balaban J connectivity index is 1.57. The highest BCUT2D eigenvalue weighted by atomic mass is 16.5. The lowest BCUT2D eigenvalue weighted by Gasteiger charge is -2.32. The first-order valence-corrected chi connectivity index (χ1v) is 10.8. The molecule has 0 atom stereocenters. The molecular formula is C22H37N5O. The molecule has 156 valence electrons. The van der Waals surface area contributed by atoms with Crippen molar-refractivity contribution in [2.24, 2.45) is 16.3 Å². The van der Waals surface area contributed by atoms with Crippen LogP contribution in [0.4, 0.5) is 5.82 Å². The molecule has 6 nitrogen and oxygen atoms in total. The van der Waals surface area contributed by atoms with Gasteiger partial charge in [0, 0.05) is 45.0 Å². The zero-order valence-corrected chi connectivity index (χ0v) is 17.8. The Bertz CT molecular complexity index is 634. The molecule has 0 unspecified atom stereocenters. The first-order chi connectivity index (χ1) is 13.6. The van der Waals surface area contributed by atoms with Crippen LogP contribution >= 0.6 is 0 Å². The number of aliphatic imine (C=N–C) groups is 1. The van der Waals surface area contributed by atoms with Crippen molar-refractivity contribution in [1.29, 1.82) is 0 Å². The van der Waals surface area contributed by atoms with Crippen molar-refractivity contribution in [2.45, 2.75) is 52.5 Å². The van der Waals surface area contributed by atoms with Gasteiger partial charge in [0.05, 0.1) is 13.2 Å². The van der Waals surface area contributed by atoms with Crippen molar-refractivity contribution in [3.63, 3.8) is 0 Å². The van der Waals surface area contributed by atoms with Crippen LogP contribution in [0.25, 0.3) is 0 Å². The van der Waals surface area contributed by atoms with E-state index >= 15 is 0 Å². The largest absolute Gasteiger partial charge is 0.378 e. The minimum absolute atomic E-state index is 0.430. The zero-order valence-electron chi connectivity index (χ0n) is 17.8. The molecule has 1 saturated heterocycles. The van der Waals surface area contributed by atoms with Crippen LogP contribution in [-0.4, -0.2) is 50.8 Å². The predicted octanol–water partition coefficient (Wildman–Crippen LogP) is 3.19. The third-order valence-corrected chi connectivity index (χ3v) is 5.98. The molecule has 2 aliphatic rings. The Hall–Kier alpha value is -1.82. The van der Waals surface area contributed by atoms with E-state index in [1.807, 2.05) is 19.3 Å². The van der Waals surface area contributed by atoms with Gasteiger partial charge in [-0.1, -0.05) is 32.8 Å². The molecular weight excluding hydrogens is 350 g/mol. The molecule has 1 aliphatic heterocycles. The molecule has 1 saturated carbocycles. The van der Waals surface area contributed by atoms with Gasteiger partial charge in [0.2, 0.25) is 0 Å². The summed E-state index contributed by atoms with van der Waals surface area (Å²) in [5.74, 6) is 2.67. The number of hydrogen-bond donors (Lipinski definition) is 2. The number of guanidine groups is 1. The lowest BCUT2D eigenvalue weighted by Crippen LogP contribution is -2.43. The van der Waals surface area contributed by atoms with E-state index in [1.54, 1.807) is 0 Å². The summed E-state index contributed by atoms with van der Waals surface area (Å²) in [5.41, 5.74) is 1.63. The monoisotopic (exact) mass is 387 g/mol. The molecule has 1 aromatic rings. The molecule has 2 heterocycles. The van der Waals surface area contributed by atoms with E-state index in [4.69, 9.17) is 4.74 Å². The topological polar surface area (TPSA) is 61.8 Å². The maximum Gasteiger partial charge on any atom is 0.191 e. The average molecular weight is 388 g/mol. The van der Waals surface area contributed by atoms with Crippen molar-refractivity contribution in [3.05, 3.63) is 23.9 Å². The van der Waals surface area contributed by atoms with Gasteiger partial charge in [-0.15, -0.1) is 0 Å². The Morgan fingerprint density at radius 3 is 2.68 bits per heavy atom. The number of hydrogen-bond acceptors (Lipinski definition) is 4. The smallest absolute Gasteiger partial charge is 0.191 e. The molecule has 2 N–H and O–H groups in total. The summed E-state index contributed by atoms with van der Waals surface area (Å²) in [7, 11) is 1.85. The molecule has 0 spiro atoms. The van der Waals surface area contributed by atoms with Gasteiger partial charge in [0.15, 0.2) is 5.96 Å². The Morgan fingerprint density at radius 2 is 2.00 bits per heavy atom. The van der Waals surface area contributed by atoms with Gasteiger partial charge in [0.1, 0.15) is 5.82 Å². The van der Waals surface area contributed by atoms with E-state index in [0.29, 0.717) is 5.41 Å². The average Bonchev–Trinajstić information content (AvgIpc) is 3.17. The van der Waals surface area contributed by atoms with E-state index in [1.165, 1.54) is 37.7 Å². The first kappa shape index (κ1) is 20.9. The summed E-state index contributed by atoms with van der Waals surface area (Å²) < 4.78 is 5.48. The van der Waals surface area contributed by atoms with Crippen molar-refractivity contribution < 1.29 is 4.74 Å². The third kappa shape index (κ3) is 5.60. The van der Waals surface area contributed by atoms with Crippen LogP contribution in [-0.2, 0) is 11.3 Å². The van der Waals surface area contributed by atoms with Gasteiger partial charge < -0.3 is 20.3 Å². The minimum atomic E-state index is 0.430. The van der Waals surface area contributed by atoms with Crippen LogP contribution in [0.15, 0.2) is 23.3 Å². The number of nitrogens with one attached hydrogen (secondary N) is 2. The van der Waals surface area contributed by atoms with Gasteiger partial charge in [-0.3, -0.25) is 4.99 Å². The number of rotatable bonds is 7. The summed E-state index contributed by atoms with van der Waals surface area (Å²) in [6.07, 6.45) is 8.55. The van der Waals surface area contributed by atoms with Gasteiger partial charge in [-0.25, -0.2) is 4.98 Å². The summed E-state index contributed by atoms with van der Waals surface area (Å²) in [6, 6.07) is 4.16. The van der Waals surface area contributed by atoms with Gasteiger partial charge in [0.25, 0.3) is 0 Å². The number of morpholine rings is 1. The molecule has 0 aromatic carbocycles. The van der Waals surface area contributed by atoms with Crippen LogP contribution in [0, 0.1) is 11.3 Å². The van der Waals surface area contributed by atoms with Crippen LogP contribution in [0.5, 0.6) is 0 Å². The molecule has 0 bridgehead atoms. The number of nitrogens with zero attached hydrogens (tertiary/aromatic N) is 3. The fourth-order valence-electron chi connectivity index (χ4n) is 4.74. The summed E-state index contributed by atoms with van der Waals surface area (Å²) in [4.78, 5) is 11.4. The van der Waals surface area contributed by atoms with Crippen molar-refractivity contribution >= 4 is 11.8 Å². The standard InChI is InChI=1S/C22H37N5O/c1-18(2)15-22(8-4-5-9-22)17-26-21(23-3)25-16-19-7-6-10-24-20(19)27-11-13-28-14-12-27/h6-7,10,18H,4-5,8-9,11-17H2,1-3H3,(H2,23,25,26). The highest BCUT2D eigenvalue weighted by Crippen LogP contribution is 2.42. The fourth-order valence-corrected chi connectivity index (χ4v) is 4.74. The number of aromatic nitrogens is 1. The molecule has 1 aromatic heterocycles. The normalized spacial score (nSPS) is 19.9. The van der Waals surface area contributed by atoms with Crippen molar-refractivity contribution in [1.82, 2.24) is 15.6 Å². The van der Waals surface area contributed by atoms with Crippen LogP contribution < -0.4 is 15.5 Å². The van der Waals surface area contributed by atoms with E-state index in [2.05, 4.69) is 45.4 Å². The lowest BCUT2D eigenvalue weighted by molar-refractivity contribution is 0.122. The second-order valence-corrected chi connectivity index (χ2v) is 8.67. The molecule has 2 fully saturated rings. The summed E-state index contributed by atoms with van der Waals surface area (Å²) >= 11 is 0. The quantitative estimate of drug-likeness (QED) is 0.556. The SMILES string of the molecule is CN=C(NCc1cccnc1N1CCOCC1)NCC1(CC(C)C)CCCC1. The molecule has 1 aliphatic carbocycles. The molecule has 0 amide bonds. The highest BCUT2D eigenvalue weighted by molar-refractivity contribution is 5.79. The number of pyridine rings is 1. The van der Waals surface area contributed by atoms with E-state index in [9.17, 15) is 0 Å². The highest BCUT2D eigenvalue weighted by Gasteiger charge is 2.34. The molecule has 6 heteroatoms. The Kier molecular flexibility index (Phi) is 7.54. The van der Waals surface area contributed by atoms with Gasteiger partial charge in [-0.2, -0.15) is 0 Å². The van der Waals surface area contributed by atoms with E-state index < -0.39 is 0 Å². The van der Waals surface area contributed by atoms with Gasteiger partial charge in [-0.05, 0) is 36.7 Å². The molecule has 28 heavy (non-hydrogen) atoms. The summed E-state index contributed by atoms with van der Waals surface area (Å²) in [6.45, 7) is 9.73. The molecule has 0 radical (unpaired) electrons. The second kappa shape index (κ2) is 10.1. The van der Waals surface area contributed by atoms with Crippen molar-refractivity contribution in [3.8, 4) is 0 Å². The zero-order chi connectivity index (χ0) is 19.8. The third-order valence-electron chi connectivity index (χ3n) is 5.98. The lowest BCUT2D eigenvalue weighted by atomic mass is 9.78. The number of anilines is 1. The second-order valence-electron chi connectivity index (χ2n) is 8.67. The number of ether oxygens (including phenoxy) is 1. The predicted molar refractivity (Wildman–Crippen MR) is 116 cm³/mol. The van der Waals surface area contributed by atoms with E-state index in [0.717, 1.165) is 57.1 Å². The maximum atomic E-state index is 5.48. The van der Waals surface area contributed by atoms with Crippen molar-refractivity contribution in [2.75, 3.05) is 44.8 Å². The Morgan fingerprint density at radius 1 is 1.25 bits per heavy atom. The van der Waals surface area contributed by atoms with Crippen LogP contribution in [0.3, 0.4) is 0 Å². The van der Waals surface area contributed by atoms with E-state index in [-0.39, 0.29) is 0 Å². The summed E-state index contributed by atoms with van der Waals surface area (Å²) in [5, 5.41) is 7.11.